The van der Waals surface area contributed by atoms with Crippen LogP contribution in [0, 0.1) is 0 Å². The van der Waals surface area contributed by atoms with Crippen molar-refractivity contribution in [2.24, 2.45) is 14.1 Å². The smallest absolute Gasteiger partial charge is 0.328 e. The first-order valence-corrected chi connectivity index (χ1v) is 9.35. The van der Waals surface area contributed by atoms with Gasteiger partial charge in [0.15, 0.2) is 11.5 Å². The van der Waals surface area contributed by atoms with Gasteiger partial charge in [0.05, 0.1) is 17.1 Å². The van der Waals surface area contributed by atoms with E-state index in [0.29, 0.717) is 19.6 Å². The molecular formula is C21H25N3O4. The first kappa shape index (κ1) is 18.6. The molecule has 148 valence electrons. The Morgan fingerprint density at radius 2 is 1.64 bits per heavy atom. The fourth-order valence-corrected chi connectivity index (χ4v) is 3.77. The molecule has 1 aliphatic heterocycles. The average Bonchev–Trinajstić information content (AvgIpc) is 3.20. The van der Waals surface area contributed by atoms with E-state index in [1.807, 2.05) is 36.4 Å². The highest BCUT2D eigenvalue weighted by atomic mass is 16.7. The molecule has 0 fully saturated rings. The lowest BCUT2D eigenvalue weighted by Crippen LogP contribution is -2.30. The number of benzene rings is 2. The van der Waals surface area contributed by atoms with Gasteiger partial charge < -0.3 is 14.6 Å². The van der Waals surface area contributed by atoms with Crippen molar-refractivity contribution in [2.45, 2.75) is 26.1 Å². The second-order valence-electron chi connectivity index (χ2n) is 7.43. The molecule has 4 rings (SSSR count). The summed E-state index contributed by atoms with van der Waals surface area (Å²) in [5, 5.41) is 9.95. The molecule has 7 heteroatoms. The molecule has 28 heavy (non-hydrogen) atoms. The largest absolute Gasteiger partial charge is 0.454 e. The number of rotatable bonds is 6. The van der Waals surface area contributed by atoms with Crippen molar-refractivity contribution >= 4 is 11.0 Å². The van der Waals surface area contributed by atoms with Crippen molar-refractivity contribution in [1.82, 2.24) is 14.0 Å². The quantitative estimate of drug-likeness (QED) is 0.705. The third-order valence-electron chi connectivity index (χ3n) is 5.11. The summed E-state index contributed by atoms with van der Waals surface area (Å²) >= 11 is 0. The number of fused-ring (bicyclic) bond motifs is 2. The minimum Gasteiger partial charge on any atom is -0.454 e. The summed E-state index contributed by atoms with van der Waals surface area (Å²) in [5.74, 6) is 1.52. The minimum atomic E-state index is -0.446. The number of aliphatic hydroxyl groups excluding tert-OH is 1. The molecule has 0 amide bonds. The Labute approximate surface area is 163 Å². The number of nitrogens with zero attached hydrogens (tertiary/aromatic N) is 3. The summed E-state index contributed by atoms with van der Waals surface area (Å²) in [5.41, 5.74) is 3.97. The van der Waals surface area contributed by atoms with Gasteiger partial charge in [-0.2, -0.15) is 0 Å². The second kappa shape index (κ2) is 7.33. The van der Waals surface area contributed by atoms with E-state index in [0.717, 1.165) is 33.7 Å². The lowest BCUT2D eigenvalue weighted by molar-refractivity contribution is 0.118. The zero-order valence-corrected chi connectivity index (χ0v) is 16.4. The Balaban J connectivity index is 1.59. The number of imidazole rings is 1. The van der Waals surface area contributed by atoms with Crippen LogP contribution in [0.5, 0.6) is 11.5 Å². The van der Waals surface area contributed by atoms with Gasteiger partial charge >= 0.3 is 5.69 Å². The monoisotopic (exact) mass is 383 g/mol. The molecule has 1 atom stereocenters. The topological polar surface area (TPSA) is 68.9 Å². The normalized spacial score (nSPS) is 14.2. The zero-order chi connectivity index (χ0) is 19.8. The lowest BCUT2D eigenvalue weighted by atomic mass is 10.1. The number of hydrogen-bond donors (Lipinski definition) is 1. The zero-order valence-electron chi connectivity index (χ0n) is 16.4. The summed E-state index contributed by atoms with van der Waals surface area (Å²) in [7, 11) is 3.57. The summed E-state index contributed by atoms with van der Waals surface area (Å²) in [6, 6.07) is 12.0. The summed E-state index contributed by atoms with van der Waals surface area (Å²) in [4.78, 5) is 14.3. The predicted molar refractivity (Wildman–Crippen MR) is 107 cm³/mol. The molecule has 7 nitrogen and oxygen atoms in total. The molecule has 0 spiro atoms. The van der Waals surface area contributed by atoms with E-state index in [1.165, 1.54) is 0 Å². The second-order valence-corrected chi connectivity index (χ2v) is 7.43. The molecule has 0 saturated heterocycles. The highest BCUT2D eigenvalue weighted by Crippen LogP contribution is 2.33. The first-order chi connectivity index (χ1) is 13.4. The Hall–Kier alpha value is -2.77. The minimum absolute atomic E-state index is 0.0339. The van der Waals surface area contributed by atoms with Gasteiger partial charge in [0.25, 0.3) is 0 Å². The number of aliphatic hydroxyl groups is 1. The van der Waals surface area contributed by atoms with E-state index in [4.69, 9.17) is 9.47 Å². The molecule has 1 aromatic heterocycles. The molecule has 2 aromatic carbocycles. The average molecular weight is 383 g/mol. The molecule has 0 aliphatic carbocycles. The third-order valence-corrected chi connectivity index (χ3v) is 5.11. The molecule has 0 unspecified atom stereocenters. The van der Waals surface area contributed by atoms with E-state index in [9.17, 15) is 9.90 Å². The molecule has 0 bridgehead atoms. The SMILES string of the molecule is C[C@H](O)CN(Cc1ccc2c(c1)OCO2)Cc1ccc2c(c1)n(C)c(=O)n2C. The van der Waals surface area contributed by atoms with Crippen LogP contribution in [0.25, 0.3) is 11.0 Å². The highest BCUT2D eigenvalue weighted by molar-refractivity contribution is 5.76. The van der Waals surface area contributed by atoms with E-state index in [1.54, 1.807) is 30.2 Å². The molecule has 1 aliphatic rings. The fraction of sp³-hybridized carbons (Fsp3) is 0.381. The highest BCUT2D eigenvalue weighted by Gasteiger charge is 2.16. The van der Waals surface area contributed by atoms with E-state index in [2.05, 4.69) is 4.90 Å². The van der Waals surface area contributed by atoms with Crippen molar-refractivity contribution in [3.8, 4) is 11.5 Å². The third kappa shape index (κ3) is 3.50. The first-order valence-electron chi connectivity index (χ1n) is 9.35. The van der Waals surface area contributed by atoms with Crippen LogP contribution in [0.1, 0.15) is 18.1 Å². The van der Waals surface area contributed by atoms with Crippen molar-refractivity contribution < 1.29 is 14.6 Å². The maximum Gasteiger partial charge on any atom is 0.328 e. The van der Waals surface area contributed by atoms with Crippen molar-refractivity contribution in [2.75, 3.05) is 13.3 Å². The van der Waals surface area contributed by atoms with Crippen LogP contribution in [0.3, 0.4) is 0 Å². The number of aryl methyl sites for hydroxylation is 2. The van der Waals surface area contributed by atoms with Crippen LogP contribution in [-0.4, -0.2) is 38.6 Å². The van der Waals surface area contributed by atoms with Crippen molar-refractivity contribution in [3.05, 3.63) is 58.0 Å². The predicted octanol–water partition coefficient (Wildman–Crippen LogP) is 1.99. The van der Waals surface area contributed by atoms with Crippen LogP contribution >= 0.6 is 0 Å². The van der Waals surface area contributed by atoms with Crippen LogP contribution in [0.2, 0.25) is 0 Å². The Kier molecular flexibility index (Phi) is 4.87. The van der Waals surface area contributed by atoms with Crippen LogP contribution < -0.4 is 15.2 Å². The molecule has 2 heterocycles. The Morgan fingerprint density at radius 3 is 2.39 bits per heavy atom. The van der Waals surface area contributed by atoms with Gasteiger partial charge in [0, 0.05) is 33.7 Å². The molecule has 3 aromatic rings. The van der Waals surface area contributed by atoms with Crippen molar-refractivity contribution in [1.29, 1.82) is 0 Å². The summed E-state index contributed by atoms with van der Waals surface area (Å²) < 4.78 is 14.2. The van der Waals surface area contributed by atoms with E-state index in [-0.39, 0.29) is 12.5 Å². The van der Waals surface area contributed by atoms with Gasteiger partial charge in [-0.1, -0.05) is 12.1 Å². The summed E-state index contributed by atoms with van der Waals surface area (Å²) in [6.45, 7) is 3.93. The van der Waals surface area contributed by atoms with E-state index < -0.39 is 6.10 Å². The molecule has 0 radical (unpaired) electrons. The fourth-order valence-electron chi connectivity index (χ4n) is 3.77. The molecule has 0 saturated carbocycles. The van der Waals surface area contributed by atoms with Gasteiger partial charge in [-0.3, -0.25) is 14.0 Å². The van der Waals surface area contributed by atoms with Gasteiger partial charge in [0.1, 0.15) is 0 Å². The van der Waals surface area contributed by atoms with Gasteiger partial charge in [-0.05, 0) is 42.3 Å². The van der Waals surface area contributed by atoms with Gasteiger partial charge in [-0.25, -0.2) is 4.79 Å². The standard InChI is InChI=1S/C21H25N3O4/c1-14(25)10-24(12-16-5-7-19-20(9-16)28-13-27-19)11-15-4-6-17-18(8-15)23(3)21(26)22(17)2/h4-9,14,25H,10-13H2,1-3H3/t14-/m0/s1. The van der Waals surface area contributed by atoms with Crippen molar-refractivity contribution in [3.63, 3.8) is 0 Å². The van der Waals surface area contributed by atoms with Crippen LogP contribution in [0.4, 0.5) is 0 Å². The summed E-state index contributed by atoms with van der Waals surface area (Å²) in [6.07, 6.45) is -0.446. The maximum absolute atomic E-state index is 12.2. The number of hydrogen-bond acceptors (Lipinski definition) is 5. The van der Waals surface area contributed by atoms with Crippen LogP contribution in [-0.2, 0) is 27.2 Å². The van der Waals surface area contributed by atoms with E-state index >= 15 is 0 Å². The number of ether oxygens (including phenoxy) is 2. The van der Waals surface area contributed by atoms with Crippen LogP contribution in [0.15, 0.2) is 41.2 Å². The Morgan fingerprint density at radius 1 is 1.00 bits per heavy atom. The number of aromatic nitrogens is 2. The van der Waals surface area contributed by atoms with Gasteiger partial charge in [0.2, 0.25) is 6.79 Å². The maximum atomic E-state index is 12.2. The lowest BCUT2D eigenvalue weighted by Gasteiger charge is -2.24. The molecular weight excluding hydrogens is 358 g/mol. The molecule has 1 N–H and O–H groups in total. The van der Waals surface area contributed by atoms with Gasteiger partial charge in [-0.15, -0.1) is 0 Å². The Bertz CT molecular complexity index is 1070.